The zero-order valence-corrected chi connectivity index (χ0v) is 13.5. The van der Waals surface area contributed by atoms with Gasteiger partial charge in [-0.1, -0.05) is 12.1 Å². The fourth-order valence-electron chi connectivity index (χ4n) is 3.45. The monoisotopic (exact) mass is 313 g/mol. The molecule has 2 fully saturated rings. The Morgan fingerprint density at radius 2 is 2.22 bits per heavy atom. The van der Waals surface area contributed by atoms with Crippen LogP contribution in [0.3, 0.4) is 0 Å². The lowest BCUT2D eigenvalue weighted by Gasteiger charge is -2.20. The highest BCUT2D eigenvalue weighted by Crippen LogP contribution is 2.40. The summed E-state index contributed by atoms with van der Waals surface area (Å²) in [7, 11) is 0. The van der Waals surface area contributed by atoms with Gasteiger partial charge in [-0.2, -0.15) is 0 Å². The fourth-order valence-corrected chi connectivity index (χ4v) is 3.45. The lowest BCUT2D eigenvalue weighted by atomic mass is 10.1. The number of benzene rings is 1. The maximum atomic E-state index is 12.5. The molecule has 122 valence electrons. The molecule has 0 bridgehead atoms. The minimum absolute atomic E-state index is 0.0399. The Kier molecular flexibility index (Phi) is 3.81. The SMILES string of the molecule is CC(NC(=O)Cn1c(C2CC2)nc2ccccc21)C1CCCO1. The van der Waals surface area contributed by atoms with Crippen LogP contribution in [0.4, 0.5) is 0 Å². The largest absolute Gasteiger partial charge is 0.376 e. The minimum Gasteiger partial charge on any atom is -0.376 e. The molecular weight excluding hydrogens is 290 g/mol. The van der Waals surface area contributed by atoms with Crippen LogP contribution in [0.1, 0.15) is 44.3 Å². The summed E-state index contributed by atoms with van der Waals surface area (Å²) in [6.45, 7) is 3.17. The molecule has 1 amide bonds. The van der Waals surface area contributed by atoms with Crippen molar-refractivity contribution in [2.45, 2.75) is 57.2 Å². The van der Waals surface area contributed by atoms with Crippen LogP contribution in [0.5, 0.6) is 0 Å². The van der Waals surface area contributed by atoms with Crippen molar-refractivity contribution in [2.75, 3.05) is 6.61 Å². The molecule has 1 aliphatic heterocycles. The average Bonchev–Trinajstić information content (AvgIpc) is 3.10. The van der Waals surface area contributed by atoms with E-state index in [1.165, 1.54) is 12.8 Å². The smallest absolute Gasteiger partial charge is 0.240 e. The van der Waals surface area contributed by atoms with Gasteiger partial charge in [0.2, 0.25) is 5.91 Å². The summed E-state index contributed by atoms with van der Waals surface area (Å²) in [5.74, 6) is 1.62. The standard InChI is InChI=1S/C18H23N3O2/c1-12(16-7-4-10-23-16)19-17(22)11-21-15-6-3-2-5-14(15)20-18(21)13-8-9-13/h2-3,5-6,12-13,16H,4,7-11H2,1H3,(H,19,22). The summed E-state index contributed by atoms with van der Waals surface area (Å²) in [5, 5.41) is 3.10. The van der Waals surface area contributed by atoms with Crippen LogP contribution in [0, 0.1) is 0 Å². The van der Waals surface area contributed by atoms with Crippen molar-refractivity contribution < 1.29 is 9.53 Å². The first-order valence-electron chi connectivity index (χ1n) is 8.58. The number of rotatable bonds is 5. The molecule has 2 aromatic rings. The number of carbonyl (C=O) groups excluding carboxylic acids is 1. The molecule has 4 rings (SSSR count). The first-order chi connectivity index (χ1) is 11.2. The van der Waals surface area contributed by atoms with Gasteiger partial charge in [-0.15, -0.1) is 0 Å². The maximum Gasteiger partial charge on any atom is 0.240 e. The second-order valence-corrected chi connectivity index (χ2v) is 6.73. The van der Waals surface area contributed by atoms with Gasteiger partial charge < -0.3 is 14.6 Å². The molecule has 2 heterocycles. The van der Waals surface area contributed by atoms with Gasteiger partial charge in [-0.05, 0) is 44.7 Å². The van der Waals surface area contributed by atoms with Crippen LogP contribution in [0.25, 0.3) is 11.0 Å². The molecule has 5 heteroatoms. The Balaban J connectivity index is 1.52. The molecule has 1 saturated carbocycles. The molecule has 1 N–H and O–H groups in total. The highest BCUT2D eigenvalue weighted by molar-refractivity contribution is 5.81. The summed E-state index contributed by atoms with van der Waals surface area (Å²) >= 11 is 0. The number of amides is 1. The number of para-hydroxylation sites is 2. The van der Waals surface area contributed by atoms with E-state index < -0.39 is 0 Å². The van der Waals surface area contributed by atoms with Gasteiger partial charge in [0.05, 0.1) is 23.2 Å². The maximum absolute atomic E-state index is 12.5. The summed E-state index contributed by atoms with van der Waals surface area (Å²) in [5.41, 5.74) is 2.03. The summed E-state index contributed by atoms with van der Waals surface area (Å²) < 4.78 is 7.75. The quantitative estimate of drug-likeness (QED) is 0.923. The molecule has 23 heavy (non-hydrogen) atoms. The highest BCUT2D eigenvalue weighted by atomic mass is 16.5. The van der Waals surface area contributed by atoms with Crippen molar-refractivity contribution in [1.29, 1.82) is 0 Å². The molecule has 2 atom stereocenters. The first-order valence-corrected chi connectivity index (χ1v) is 8.58. The van der Waals surface area contributed by atoms with E-state index in [1.807, 2.05) is 31.2 Å². The van der Waals surface area contributed by atoms with Crippen LogP contribution < -0.4 is 5.32 Å². The van der Waals surface area contributed by atoms with Crippen molar-refractivity contribution in [3.05, 3.63) is 30.1 Å². The molecule has 1 saturated heterocycles. The molecular formula is C18H23N3O2. The molecule has 1 aromatic heterocycles. The van der Waals surface area contributed by atoms with Crippen molar-refractivity contribution in [3.63, 3.8) is 0 Å². The minimum atomic E-state index is 0.0399. The van der Waals surface area contributed by atoms with E-state index in [0.29, 0.717) is 12.5 Å². The number of hydrogen-bond donors (Lipinski definition) is 1. The Hall–Kier alpha value is -1.88. The Morgan fingerprint density at radius 3 is 2.96 bits per heavy atom. The number of fused-ring (bicyclic) bond motifs is 1. The average molecular weight is 313 g/mol. The second-order valence-electron chi connectivity index (χ2n) is 6.73. The number of aromatic nitrogens is 2. The predicted molar refractivity (Wildman–Crippen MR) is 88.3 cm³/mol. The summed E-state index contributed by atoms with van der Waals surface area (Å²) in [4.78, 5) is 17.2. The third kappa shape index (κ3) is 2.98. The van der Waals surface area contributed by atoms with Crippen molar-refractivity contribution >= 4 is 16.9 Å². The van der Waals surface area contributed by atoms with E-state index in [4.69, 9.17) is 9.72 Å². The van der Waals surface area contributed by atoms with Gasteiger partial charge in [0.1, 0.15) is 12.4 Å². The van der Waals surface area contributed by atoms with Crippen molar-refractivity contribution in [1.82, 2.24) is 14.9 Å². The van der Waals surface area contributed by atoms with Crippen LogP contribution >= 0.6 is 0 Å². The number of ether oxygens (including phenoxy) is 1. The van der Waals surface area contributed by atoms with E-state index in [-0.39, 0.29) is 18.1 Å². The zero-order chi connectivity index (χ0) is 15.8. The number of hydrogen-bond acceptors (Lipinski definition) is 3. The Bertz CT molecular complexity index is 714. The van der Waals surface area contributed by atoms with Crippen LogP contribution in [0.2, 0.25) is 0 Å². The lowest BCUT2D eigenvalue weighted by Crippen LogP contribution is -2.42. The molecule has 2 aliphatic rings. The van der Waals surface area contributed by atoms with E-state index >= 15 is 0 Å². The molecule has 1 aromatic carbocycles. The number of carbonyl (C=O) groups is 1. The van der Waals surface area contributed by atoms with Crippen molar-refractivity contribution in [2.24, 2.45) is 0 Å². The van der Waals surface area contributed by atoms with E-state index in [2.05, 4.69) is 9.88 Å². The normalized spacial score (nSPS) is 22.4. The van der Waals surface area contributed by atoms with Gasteiger partial charge in [0.25, 0.3) is 0 Å². The molecule has 0 spiro atoms. The van der Waals surface area contributed by atoms with E-state index in [9.17, 15) is 4.79 Å². The Morgan fingerprint density at radius 1 is 1.39 bits per heavy atom. The van der Waals surface area contributed by atoms with Crippen LogP contribution in [-0.2, 0) is 16.1 Å². The predicted octanol–water partition coefficient (Wildman–Crippen LogP) is 2.60. The summed E-state index contributed by atoms with van der Waals surface area (Å²) in [6, 6.07) is 8.12. The second kappa shape index (κ2) is 5.96. The number of nitrogens with one attached hydrogen (secondary N) is 1. The van der Waals surface area contributed by atoms with Gasteiger partial charge in [-0.3, -0.25) is 4.79 Å². The third-order valence-corrected chi connectivity index (χ3v) is 4.84. The molecule has 1 aliphatic carbocycles. The van der Waals surface area contributed by atoms with Gasteiger partial charge in [0, 0.05) is 12.5 Å². The van der Waals surface area contributed by atoms with Crippen molar-refractivity contribution in [3.8, 4) is 0 Å². The first kappa shape index (κ1) is 14.7. The Labute approximate surface area is 136 Å². The van der Waals surface area contributed by atoms with E-state index in [0.717, 1.165) is 36.3 Å². The fraction of sp³-hybridized carbons (Fsp3) is 0.556. The van der Waals surface area contributed by atoms with Gasteiger partial charge >= 0.3 is 0 Å². The van der Waals surface area contributed by atoms with E-state index in [1.54, 1.807) is 0 Å². The van der Waals surface area contributed by atoms with Gasteiger partial charge in [-0.25, -0.2) is 4.98 Å². The molecule has 2 unspecified atom stereocenters. The number of nitrogens with zero attached hydrogens (tertiary/aromatic N) is 2. The lowest BCUT2D eigenvalue weighted by molar-refractivity contribution is -0.123. The highest BCUT2D eigenvalue weighted by Gasteiger charge is 2.30. The number of imidazole rings is 1. The molecule has 5 nitrogen and oxygen atoms in total. The van der Waals surface area contributed by atoms with Crippen LogP contribution in [-0.4, -0.2) is 34.2 Å². The topological polar surface area (TPSA) is 56.2 Å². The third-order valence-electron chi connectivity index (χ3n) is 4.84. The zero-order valence-electron chi connectivity index (χ0n) is 13.5. The van der Waals surface area contributed by atoms with Crippen LogP contribution in [0.15, 0.2) is 24.3 Å². The summed E-state index contributed by atoms with van der Waals surface area (Å²) in [6.07, 6.45) is 4.63. The van der Waals surface area contributed by atoms with Gasteiger partial charge in [0.15, 0.2) is 0 Å². The molecule has 0 radical (unpaired) electrons.